The maximum atomic E-state index is 5.59. The number of nitrogens with zero attached hydrogens (tertiary/aromatic N) is 2. The molecule has 15 heavy (non-hydrogen) atoms. The Morgan fingerprint density at radius 2 is 2.40 bits per heavy atom. The van der Waals surface area contributed by atoms with E-state index in [1.807, 2.05) is 6.92 Å². The van der Waals surface area contributed by atoms with Crippen molar-refractivity contribution in [2.45, 2.75) is 45.4 Å². The molecule has 0 amide bonds. The quantitative estimate of drug-likeness (QED) is 0.806. The average molecular weight is 211 g/mol. The van der Waals surface area contributed by atoms with E-state index in [1.54, 1.807) is 0 Å². The van der Waals surface area contributed by atoms with Crippen molar-refractivity contribution in [3.05, 3.63) is 11.4 Å². The smallest absolute Gasteiger partial charge is 0.121 e. The zero-order valence-electron chi connectivity index (χ0n) is 9.19. The first-order valence-electron chi connectivity index (χ1n) is 5.40. The molecule has 1 aliphatic heterocycles. The summed E-state index contributed by atoms with van der Waals surface area (Å²) < 4.78 is 10.2. The Bertz CT molecular complexity index is 307. The summed E-state index contributed by atoms with van der Waals surface area (Å²) in [6.07, 6.45) is 2.65. The lowest BCUT2D eigenvalue weighted by molar-refractivity contribution is 0.0829. The van der Waals surface area contributed by atoms with Gasteiger partial charge in [-0.05, 0) is 26.7 Å². The van der Waals surface area contributed by atoms with Gasteiger partial charge in [-0.25, -0.2) is 4.63 Å². The monoisotopic (exact) mass is 211 g/mol. The molecule has 0 aliphatic carbocycles. The molecule has 5 nitrogen and oxygen atoms in total. The largest absolute Gasteiger partial charge is 0.377 e. The standard InChI is InChI=1S/C10H17N3O2/c1-7-9(13-15-12-7)6-11-8(2)10-4-3-5-14-10/h8,10-11H,3-6H2,1-2H3. The third-order valence-electron chi connectivity index (χ3n) is 2.86. The number of nitrogens with one attached hydrogen (secondary N) is 1. The van der Waals surface area contributed by atoms with E-state index in [2.05, 4.69) is 27.2 Å². The van der Waals surface area contributed by atoms with Crippen molar-refractivity contribution in [1.82, 2.24) is 15.6 Å². The topological polar surface area (TPSA) is 60.2 Å². The number of aryl methyl sites for hydroxylation is 1. The summed E-state index contributed by atoms with van der Waals surface area (Å²) in [6, 6.07) is 0.351. The van der Waals surface area contributed by atoms with Gasteiger partial charge in [-0.15, -0.1) is 0 Å². The predicted molar refractivity (Wildman–Crippen MR) is 54.3 cm³/mol. The highest BCUT2D eigenvalue weighted by atomic mass is 16.6. The van der Waals surface area contributed by atoms with Crippen LogP contribution in [-0.4, -0.2) is 29.1 Å². The number of aromatic nitrogens is 2. The van der Waals surface area contributed by atoms with Gasteiger partial charge in [-0.3, -0.25) is 0 Å². The van der Waals surface area contributed by atoms with E-state index in [-0.39, 0.29) is 0 Å². The summed E-state index contributed by atoms with van der Waals surface area (Å²) >= 11 is 0. The van der Waals surface area contributed by atoms with Crippen LogP contribution in [0.2, 0.25) is 0 Å². The molecule has 2 unspecified atom stereocenters. The van der Waals surface area contributed by atoms with Gasteiger partial charge in [-0.1, -0.05) is 10.3 Å². The van der Waals surface area contributed by atoms with Gasteiger partial charge in [-0.2, -0.15) is 0 Å². The second kappa shape index (κ2) is 4.72. The van der Waals surface area contributed by atoms with Crippen molar-refractivity contribution in [2.75, 3.05) is 6.61 Å². The fourth-order valence-corrected chi connectivity index (χ4v) is 1.80. The fourth-order valence-electron chi connectivity index (χ4n) is 1.80. The molecule has 2 heterocycles. The van der Waals surface area contributed by atoms with E-state index in [0.29, 0.717) is 18.7 Å². The minimum atomic E-state index is 0.338. The van der Waals surface area contributed by atoms with Crippen LogP contribution in [0.3, 0.4) is 0 Å². The second-order valence-corrected chi connectivity index (χ2v) is 4.02. The third kappa shape index (κ3) is 2.54. The van der Waals surface area contributed by atoms with Crippen LogP contribution in [0.25, 0.3) is 0 Å². The van der Waals surface area contributed by atoms with E-state index < -0.39 is 0 Å². The number of hydrogen-bond donors (Lipinski definition) is 1. The van der Waals surface area contributed by atoms with Crippen LogP contribution in [0.4, 0.5) is 0 Å². The first-order chi connectivity index (χ1) is 7.27. The lowest BCUT2D eigenvalue weighted by Crippen LogP contribution is -2.36. The van der Waals surface area contributed by atoms with E-state index >= 15 is 0 Å². The summed E-state index contributed by atoms with van der Waals surface area (Å²) in [6.45, 7) is 5.61. The van der Waals surface area contributed by atoms with Gasteiger partial charge in [0.05, 0.1) is 6.10 Å². The van der Waals surface area contributed by atoms with Crippen molar-refractivity contribution in [3.8, 4) is 0 Å². The molecule has 1 aliphatic rings. The molecular weight excluding hydrogens is 194 g/mol. The Morgan fingerprint density at radius 1 is 1.53 bits per heavy atom. The van der Waals surface area contributed by atoms with Gasteiger partial charge in [0, 0.05) is 19.2 Å². The van der Waals surface area contributed by atoms with Crippen molar-refractivity contribution in [3.63, 3.8) is 0 Å². The van der Waals surface area contributed by atoms with Crippen LogP contribution in [0.5, 0.6) is 0 Å². The van der Waals surface area contributed by atoms with Crippen molar-refractivity contribution < 1.29 is 9.37 Å². The molecule has 1 aromatic heterocycles. The molecular formula is C10H17N3O2. The van der Waals surface area contributed by atoms with E-state index in [0.717, 1.165) is 24.4 Å². The van der Waals surface area contributed by atoms with Crippen LogP contribution in [0.15, 0.2) is 4.63 Å². The van der Waals surface area contributed by atoms with Gasteiger partial charge < -0.3 is 10.1 Å². The van der Waals surface area contributed by atoms with Crippen molar-refractivity contribution in [2.24, 2.45) is 0 Å². The van der Waals surface area contributed by atoms with E-state index in [1.165, 1.54) is 6.42 Å². The van der Waals surface area contributed by atoms with Gasteiger partial charge >= 0.3 is 0 Å². The fraction of sp³-hybridized carbons (Fsp3) is 0.800. The molecule has 0 aromatic carbocycles. The number of hydrogen-bond acceptors (Lipinski definition) is 5. The molecule has 0 saturated carbocycles. The van der Waals surface area contributed by atoms with Crippen LogP contribution in [0, 0.1) is 6.92 Å². The second-order valence-electron chi connectivity index (χ2n) is 4.02. The maximum absolute atomic E-state index is 5.59. The molecule has 2 atom stereocenters. The van der Waals surface area contributed by atoms with Crippen LogP contribution in [-0.2, 0) is 11.3 Å². The van der Waals surface area contributed by atoms with E-state index in [9.17, 15) is 0 Å². The Hall–Kier alpha value is -0.940. The highest BCUT2D eigenvalue weighted by Crippen LogP contribution is 2.15. The normalized spacial score (nSPS) is 23.2. The van der Waals surface area contributed by atoms with Crippen LogP contribution >= 0.6 is 0 Å². The maximum Gasteiger partial charge on any atom is 0.121 e. The van der Waals surface area contributed by atoms with Crippen molar-refractivity contribution in [1.29, 1.82) is 0 Å². The number of ether oxygens (including phenoxy) is 1. The average Bonchev–Trinajstić information content (AvgIpc) is 2.85. The summed E-state index contributed by atoms with van der Waals surface area (Å²) in [5.41, 5.74) is 1.72. The van der Waals surface area contributed by atoms with Crippen LogP contribution < -0.4 is 5.32 Å². The van der Waals surface area contributed by atoms with Crippen molar-refractivity contribution >= 4 is 0 Å². The Kier molecular flexibility index (Phi) is 3.33. The first kappa shape index (κ1) is 10.6. The van der Waals surface area contributed by atoms with Gasteiger partial charge in [0.25, 0.3) is 0 Å². The minimum absolute atomic E-state index is 0.338. The lowest BCUT2D eigenvalue weighted by atomic mass is 10.1. The Labute approximate surface area is 89.1 Å². The summed E-state index contributed by atoms with van der Waals surface area (Å²) in [5, 5.41) is 10.9. The van der Waals surface area contributed by atoms with Gasteiger partial charge in [0.1, 0.15) is 11.4 Å². The molecule has 1 fully saturated rings. The van der Waals surface area contributed by atoms with Gasteiger partial charge in [0.2, 0.25) is 0 Å². The minimum Gasteiger partial charge on any atom is -0.377 e. The summed E-state index contributed by atoms with van der Waals surface area (Å²) in [7, 11) is 0. The van der Waals surface area contributed by atoms with Crippen LogP contribution in [0.1, 0.15) is 31.2 Å². The van der Waals surface area contributed by atoms with E-state index in [4.69, 9.17) is 4.74 Å². The highest BCUT2D eigenvalue weighted by molar-refractivity contribution is 5.04. The summed E-state index contributed by atoms with van der Waals surface area (Å²) in [5.74, 6) is 0. The first-order valence-corrected chi connectivity index (χ1v) is 5.40. The Balaban J connectivity index is 1.80. The highest BCUT2D eigenvalue weighted by Gasteiger charge is 2.22. The molecule has 0 bridgehead atoms. The Morgan fingerprint density at radius 3 is 3.00 bits per heavy atom. The lowest BCUT2D eigenvalue weighted by Gasteiger charge is -2.19. The zero-order chi connectivity index (χ0) is 10.7. The number of rotatable bonds is 4. The van der Waals surface area contributed by atoms with Gasteiger partial charge in [0.15, 0.2) is 0 Å². The molecule has 1 N–H and O–H groups in total. The molecule has 1 aromatic rings. The molecule has 2 rings (SSSR count). The SMILES string of the molecule is Cc1nonc1CNC(C)C1CCCO1. The summed E-state index contributed by atoms with van der Waals surface area (Å²) in [4.78, 5) is 0. The third-order valence-corrected chi connectivity index (χ3v) is 2.86. The molecule has 1 saturated heterocycles. The zero-order valence-corrected chi connectivity index (χ0v) is 9.19. The molecule has 5 heteroatoms. The molecule has 0 spiro atoms. The predicted octanol–water partition coefficient (Wildman–Crippen LogP) is 1.04. The molecule has 84 valence electrons. The molecule has 0 radical (unpaired) electrons.